The summed E-state index contributed by atoms with van der Waals surface area (Å²) in [6, 6.07) is 0. The van der Waals surface area contributed by atoms with Gasteiger partial charge in [-0.15, -0.1) is 6.42 Å². The van der Waals surface area contributed by atoms with E-state index in [2.05, 4.69) is 26.2 Å². The van der Waals surface area contributed by atoms with Crippen molar-refractivity contribution in [3.05, 3.63) is 12.7 Å². The van der Waals surface area contributed by atoms with Crippen molar-refractivity contribution in [2.24, 2.45) is 0 Å². The number of nitrogens with one attached hydrogen (secondary N) is 1. The number of anilines is 1. The molecule has 1 unspecified atom stereocenters. The molecule has 22 heavy (non-hydrogen) atoms. The van der Waals surface area contributed by atoms with Gasteiger partial charge >= 0.3 is 0 Å². The van der Waals surface area contributed by atoms with E-state index >= 15 is 0 Å². The molecule has 0 amide bonds. The molecule has 0 aliphatic carbocycles. The molecule has 4 atom stereocenters. The third kappa shape index (κ3) is 1.86. The second-order valence-electron chi connectivity index (χ2n) is 4.92. The van der Waals surface area contributed by atoms with E-state index in [9.17, 15) is 15.3 Å². The Kier molecular flexibility index (Phi) is 3.46. The summed E-state index contributed by atoms with van der Waals surface area (Å²) in [6.07, 6.45) is 4.52. The topological polar surface area (TPSA) is 126 Å². The van der Waals surface area contributed by atoms with Crippen molar-refractivity contribution >= 4 is 17.0 Å². The minimum Gasteiger partial charge on any atom is -0.394 e. The molecule has 1 fully saturated rings. The molecule has 4 N–H and O–H groups in total. The zero-order valence-corrected chi connectivity index (χ0v) is 11.7. The number of nitrogens with zero attached hydrogens (tertiary/aromatic N) is 4. The average Bonchev–Trinajstić information content (AvgIpc) is 3.08. The number of terminal acetylenes is 1. The molecule has 9 nitrogen and oxygen atoms in total. The van der Waals surface area contributed by atoms with Crippen LogP contribution in [0.3, 0.4) is 0 Å². The maximum atomic E-state index is 10.6. The number of ether oxygens (including phenoxy) is 1. The molecule has 0 saturated carbocycles. The molecule has 3 heterocycles. The summed E-state index contributed by atoms with van der Waals surface area (Å²) in [5, 5.41) is 32.8. The first-order valence-electron chi connectivity index (χ1n) is 6.56. The molecule has 2 aromatic rings. The van der Waals surface area contributed by atoms with E-state index in [0.717, 1.165) is 0 Å². The fourth-order valence-electron chi connectivity index (χ4n) is 2.56. The van der Waals surface area contributed by atoms with E-state index in [1.54, 1.807) is 7.05 Å². The Morgan fingerprint density at radius 1 is 1.50 bits per heavy atom. The quantitative estimate of drug-likeness (QED) is 0.504. The van der Waals surface area contributed by atoms with Crippen LogP contribution in [-0.2, 0) is 4.74 Å². The first-order chi connectivity index (χ1) is 10.6. The predicted octanol–water partition coefficient (Wildman–Crippen LogP) is -1.52. The average molecular weight is 305 g/mol. The summed E-state index contributed by atoms with van der Waals surface area (Å²) in [5.41, 5.74) is -1.16. The van der Waals surface area contributed by atoms with Crippen LogP contribution < -0.4 is 5.32 Å². The molecule has 0 radical (unpaired) electrons. The van der Waals surface area contributed by atoms with Gasteiger partial charge in [0, 0.05) is 7.05 Å². The first kappa shape index (κ1) is 14.7. The molecular formula is C13H15N5O4. The Bertz CT molecular complexity index is 742. The van der Waals surface area contributed by atoms with Crippen LogP contribution in [-0.4, -0.2) is 66.3 Å². The lowest BCUT2D eigenvalue weighted by atomic mass is 9.95. The number of aliphatic hydroxyl groups is 3. The Morgan fingerprint density at radius 2 is 2.27 bits per heavy atom. The van der Waals surface area contributed by atoms with Crippen LogP contribution >= 0.6 is 0 Å². The van der Waals surface area contributed by atoms with Crippen LogP contribution in [0.4, 0.5) is 5.82 Å². The largest absolute Gasteiger partial charge is 0.394 e. The van der Waals surface area contributed by atoms with Crippen molar-refractivity contribution in [2.45, 2.75) is 24.0 Å². The molecule has 1 aliphatic rings. The Hall–Kier alpha value is -2.25. The lowest BCUT2D eigenvalue weighted by Crippen LogP contribution is -2.45. The zero-order valence-electron chi connectivity index (χ0n) is 11.7. The number of fused-ring (bicyclic) bond motifs is 1. The van der Waals surface area contributed by atoms with Gasteiger partial charge in [-0.25, -0.2) is 15.0 Å². The van der Waals surface area contributed by atoms with E-state index < -0.39 is 30.6 Å². The standard InChI is InChI=1S/C13H15N5O4/c1-3-13(21)9(20)7(4-19)22-12(13)18-6-17-8-10(14-2)15-5-16-11(8)18/h1,5-7,9,12,19-21H,4H2,2H3,(H,14,15,16)/t7-,9+,12-,13?/m1/s1. The normalized spacial score (nSPS) is 31.3. The van der Waals surface area contributed by atoms with E-state index in [-0.39, 0.29) is 0 Å². The van der Waals surface area contributed by atoms with Crippen molar-refractivity contribution < 1.29 is 20.1 Å². The van der Waals surface area contributed by atoms with Crippen LogP contribution in [0, 0.1) is 12.3 Å². The lowest BCUT2D eigenvalue weighted by Gasteiger charge is -2.26. The van der Waals surface area contributed by atoms with Gasteiger partial charge < -0.3 is 25.4 Å². The van der Waals surface area contributed by atoms with Gasteiger partial charge in [-0.05, 0) is 0 Å². The summed E-state index contributed by atoms with van der Waals surface area (Å²) >= 11 is 0. The smallest absolute Gasteiger partial charge is 0.199 e. The second kappa shape index (κ2) is 5.19. The lowest BCUT2D eigenvalue weighted by molar-refractivity contribution is -0.0721. The summed E-state index contributed by atoms with van der Waals surface area (Å²) in [5.74, 6) is 2.65. The van der Waals surface area contributed by atoms with Crippen LogP contribution in [0.2, 0.25) is 0 Å². The number of imidazole rings is 1. The second-order valence-corrected chi connectivity index (χ2v) is 4.92. The number of aliphatic hydroxyl groups excluding tert-OH is 2. The van der Waals surface area contributed by atoms with Gasteiger partial charge in [0.2, 0.25) is 0 Å². The van der Waals surface area contributed by atoms with Gasteiger partial charge in [0.25, 0.3) is 0 Å². The Balaban J connectivity index is 2.13. The van der Waals surface area contributed by atoms with Crippen molar-refractivity contribution in [1.29, 1.82) is 0 Å². The van der Waals surface area contributed by atoms with Crippen LogP contribution in [0.5, 0.6) is 0 Å². The Labute approximate surface area is 125 Å². The van der Waals surface area contributed by atoms with E-state index in [1.807, 2.05) is 0 Å². The van der Waals surface area contributed by atoms with E-state index in [4.69, 9.17) is 11.2 Å². The number of hydrogen-bond donors (Lipinski definition) is 4. The summed E-state index contributed by atoms with van der Waals surface area (Å²) in [7, 11) is 1.69. The van der Waals surface area contributed by atoms with Gasteiger partial charge in [-0.3, -0.25) is 4.57 Å². The number of rotatable bonds is 3. The highest BCUT2D eigenvalue weighted by atomic mass is 16.6. The fourth-order valence-corrected chi connectivity index (χ4v) is 2.56. The summed E-state index contributed by atoms with van der Waals surface area (Å²) in [4.78, 5) is 12.3. The third-order valence-corrected chi connectivity index (χ3v) is 3.74. The van der Waals surface area contributed by atoms with Crippen LogP contribution in [0.1, 0.15) is 6.23 Å². The first-order valence-corrected chi connectivity index (χ1v) is 6.56. The highest BCUT2D eigenvalue weighted by Crippen LogP contribution is 2.39. The van der Waals surface area contributed by atoms with Crippen molar-refractivity contribution in [3.8, 4) is 12.3 Å². The van der Waals surface area contributed by atoms with Crippen molar-refractivity contribution in [3.63, 3.8) is 0 Å². The predicted molar refractivity (Wildman–Crippen MR) is 75.7 cm³/mol. The van der Waals surface area contributed by atoms with Gasteiger partial charge in [-0.1, -0.05) is 5.92 Å². The fraction of sp³-hybridized carbons (Fsp3) is 0.462. The Morgan fingerprint density at radius 3 is 2.91 bits per heavy atom. The summed E-state index contributed by atoms with van der Waals surface area (Å²) < 4.78 is 6.92. The van der Waals surface area contributed by atoms with Gasteiger partial charge in [-0.2, -0.15) is 0 Å². The molecule has 1 aliphatic heterocycles. The highest BCUT2D eigenvalue weighted by molar-refractivity contribution is 5.82. The molecule has 0 bridgehead atoms. The van der Waals surface area contributed by atoms with E-state index in [1.165, 1.54) is 17.2 Å². The molecule has 116 valence electrons. The van der Waals surface area contributed by atoms with Crippen LogP contribution in [0.25, 0.3) is 11.2 Å². The van der Waals surface area contributed by atoms with Crippen molar-refractivity contribution in [1.82, 2.24) is 19.5 Å². The molecule has 2 aromatic heterocycles. The zero-order chi connectivity index (χ0) is 15.9. The molecule has 1 saturated heterocycles. The van der Waals surface area contributed by atoms with Gasteiger partial charge in [0.15, 0.2) is 23.3 Å². The molecule has 3 rings (SSSR count). The molecule has 0 spiro atoms. The highest BCUT2D eigenvalue weighted by Gasteiger charge is 2.55. The van der Waals surface area contributed by atoms with Gasteiger partial charge in [0.1, 0.15) is 24.1 Å². The minimum atomic E-state index is -2.01. The van der Waals surface area contributed by atoms with E-state index in [0.29, 0.717) is 17.0 Å². The maximum absolute atomic E-state index is 10.6. The monoisotopic (exact) mass is 305 g/mol. The SMILES string of the molecule is C#CC1(O)[C@@H](O)[C@@H](CO)O[C@H]1n1cnc2c(NC)ncnc21. The maximum Gasteiger partial charge on any atom is 0.199 e. The molecule has 9 heteroatoms. The number of hydrogen-bond acceptors (Lipinski definition) is 8. The summed E-state index contributed by atoms with van der Waals surface area (Å²) in [6.45, 7) is -0.481. The molecule has 0 aromatic carbocycles. The van der Waals surface area contributed by atoms with Crippen molar-refractivity contribution in [2.75, 3.05) is 19.0 Å². The molecular weight excluding hydrogens is 290 g/mol. The number of aromatic nitrogens is 4. The minimum absolute atomic E-state index is 0.379. The van der Waals surface area contributed by atoms with Gasteiger partial charge in [0.05, 0.1) is 12.9 Å². The third-order valence-electron chi connectivity index (χ3n) is 3.74. The van der Waals surface area contributed by atoms with Crippen LogP contribution in [0.15, 0.2) is 12.7 Å².